The minimum atomic E-state index is -1.11. The van der Waals surface area contributed by atoms with Crippen LogP contribution in [0.25, 0.3) is 0 Å². The summed E-state index contributed by atoms with van der Waals surface area (Å²) in [5, 5.41) is 65.4. The predicted octanol–water partition coefficient (Wildman–Crippen LogP) is 20.4. The summed E-state index contributed by atoms with van der Waals surface area (Å²) < 4.78 is 59.4. The molecule has 5 aromatic rings. The minimum absolute atomic E-state index is 0.0344. The number of esters is 1. The molecule has 0 aliphatic heterocycles. The van der Waals surface area contributed by atoms with Crippen LogP contribution in [-0.2, 0) is 28.5 Å². The third-order valence-electron chi connectivity index (χ3n) is 17.0. The molecule has 6 unspecified atom stereocenters. The van der Waals surface area contributed by atoms with Gasteiger partial charge in [-0.25, -0.2) is 14.4 Å². The van der Waals surface area contributed by atoms with Crippen LogP contribution in [0.15, 0.2) is 78.9 Å². The Morgan fingerprint density at radius 2 is 0.660 bits per heavy atom. The normalized spacial score (nSPS) is 13.1. The molecule has 0 aliphatic carbocycles. The molecule has 0 saturated carbocycles. The number of phenols is 7. The number of hydrogen-bond acceptors (Lipinski definition) is 22. The van der Waals surface area contributed by atoms with E-state index in [9.17, 15) is 44.7 Å². The fraction of sp³-hybridized carbons (Fsp3) is 0.564. The molecule has 0 spiro atoms. The Kier molecular flexibility index (Phi) is 38.1. The summed E-state index contributed by atoms with van der Waals surface area (Å²) in [4.78, 5) is 50.9. The van der Waals surface area contributed by atoms with Crippen LogP contribution < -0.4 is 28.4 Å². The molecule has 5 aromatic carbocycles. The van der Waals surface area contributed by atoms with E-state index in [0.29, 0.717) is 68.1 Å². The average Bonchev–Trinajstić information content (AvgIpc) is 0.806. The van der Waals surface area contributed by atoms with E-state index >= 15 is 0 Å². The van der Waals surface area contributed by atoms with Crippen LogP contribution in [0.5, 0.6) is 74.7 Å². The van der Waals surface area contributed by atoms with Gasteiger partial charge >= 0.3 is 24.4 Å². The Morgan fingerprint density at radius 1 is 0.340 bits per heavy atom. The molecule has 22 heteroatoms. The maximum absolute atomic E-state index is 13.0. The molecular formula is C78H118O22. The molecule has 0 amide bonds. The Balaban J connectivity index is 0.000000695. The van der Waals surface area contributed by atoms with Crippen molar-refractivity contribution in [2.45, 2.75) is 271 Å². The topological polar surface area (TPSA) is 311 Å². The molecule has 100 heavy (non-hydrogen) atoms. The van der Waals surface area contributed by atoms with Crippen LogP contribution >= 0.6 is 0 Å². The van der Waals surface area contributed by atoms with E-state index in [2.05, 4.69) is 41.5 Å². The van der Waals surface area contributed by atoms with Gasteiger partial charge in [-0.1, -0.05) is 101 Å². The van der Waals surface area contributed by atoms with Crippen molar-refractivity contribution in [2.24, 2.45) is 5.41 Å². The highest BCUT2D eigenvalue weighted by Crippen LogP contribution is 2.43. The van der Waals surface area contributed by atoms with Crippen LogP contribution in [0.4, 0.5) is 14.4 Å². The van der Waals surface area contributed by atoms with Gasteiger partial charge in [-0.2, -0.15) is 0 Å². The van der Waals surface area contributed by atoms with Gasteiger partial charge in [0.25, 0.3) is 0 Å². The van der Waals surface area contributed by atoms with Crippen molar-refractivity contribution >= 4 is 24.4 Å². The van der Waals surface area contributed by atoms with Crippen LogP contribution in [0.1, 0.15) is 263 Å². The lowest BCUT2D eigenvalue weighted by atomic mass is 9.91. The second-order valence-electron chi connectivity index (χ2n) is 26.7. The molecule has 6 atom stereocenters. The van der Waals surface area contributed by atoms with Crippen LogP contribution in [0.3, 0.4) is 0 Å². The molecule has 7 N–H and O–H groups in total. The first-order chi connectivity index (χ1) is 46.6. The lowest BCUT2D eigenvalue weighted by Gasteiger charge is -2.25. The number of phenolic OH excluding ortho intramolecular Hbond substituents is 7. The standard InChI is InChI=1S/C30H46O11.2C14H22O3.C10H14O3.C10H14O2/c1-13-27(5,6)23(31)35-19-17-21(37-25(33)40-29(9,10)15-3)22(38-26(34)41-30(11,12)16-4)18-20(19)36-24(32)39-28(7,8)14-2;1-5-10(3)12-7-8-14(13(15)9-12)17-11(4)16-6-2;1-5-10(3)12-7-8-13(15)14(9-12)17-11(4)16-6-2;1-3-6(2)7-4-8(11)10(13)9(12)5-7;1-3-7(2)8-4-5-9(11)10(12)6-8/h17-18H,13-16H2,1-12H3;2*7-11,15H,5-6H2,1-4H3;4-6,11-13H,3H2,1-2H3;4-7,11-12H,3H2,1-2H3. The number of carbonyl (C=O) groups is 4. The van der Waals surface area contributed by atoms with E-state index in [1.807, 2.05) is 93.5 Å². The molecule has 0 radical (unpaired) electrons. The summed E-state index contributed by atoms with van der Waals surface area (Å²) in [6.07, 6.45) is 1.96. The molecule has 5 rings (SSSR count). The average molecular weight is 1410 g/mol. The number of hydrogen-bond donors (Lipinski definition) is 7. The number of rotatable bonds is 28. The zero-order valence-corrected chi connectivity index (χ0v) is 63.8. The quantitative estimate of drug-likeness (QED) is 0.00611. The van der Waals surface area contributed by atoms with E-state index in [0.717, 1.165) is 54.5 Å². The first-order valence-electron chi connectivity index (χ1n) is 34.7. The number of carbonyl (C=O) groups excluding carboxylic acids is 4. The van der Waals surface area contributed by atoms with Crippen molar-refractivity contribution in [3.8, 4) is 74.7 Å². The van der Waals surface area contributed by atoms with E-state index in [1.54, 1.807) is 79.7 Å². The van der Waals surface area contributed by atoms with Gasteiger partial charge in [0.05, 0.1) is 5.41 Å². The van der Waals surface area contributed by atoms with Gasteiger partial charge in [-0.05, 0) is 229 Å². The summed E-state index contributed by atoms with van der Waals surface area (Å²) in [6, 6.07) is 21.1. The second kappa shape index (κ2) is 42.6. The van der Waals surface area contributed by atoms with Gasteiger partial charge in [-0.15, -0.1) is 0 Å². The molecule has 562 valence electrons. The summed E-state index contributed by atoms with van der Waals surface area (Å²) in [6.45, 7) is 46.2. The van der Waals surface area contributed by atoms with Crippen molar-refractivity contribution in [3.63, 3.8) is 0 Å². The van der Waals surface area contributed by atoms with Crippen molar-refractivity contribution < 1.29 is 107 Å². The summed E-state index contributed by atoms with van der Waals surface area (Å²) in [5.74, 6) is -0.157. The van der Waals surface area contributed by atoms with E-state index < -0.39 is 52.4 Å². The van der Waals surface area contributed by atoms with Crippen molar-refractivity contribution in [2.75, 3.05) is 13.2 Å². The molecule has 0 aromatic heterocycles. The number of aromatic hydroxyl groups is 7. The smallest absolute Gasteiger partial charge is 0.504 e. The van der Waals surface area contributed by atoms with Crippen molar-refractivity contribution in [1.82, 2.24) is 0 Å². The predicted molar refractivity (Wildman–Crippen MR) is 386 cm³/mol. The molecule has 0 fully saturated rings. The monoisotopic (exact) mass is 1410 g/mol. The van der Waals surface area contributed by atoms with E-state index in [4.69, 9.17) is 62.3 Å². The molecule has 0 heterocycles. The zero-order chi connectivity index (χ0) is 76.6. The summed E-state index contributed by atoms with van der Waals surface area (Å²) in [5.41, 5.74) is 0.706. The van der Waals surface area contributed by atoms with E-state index in [1.165, 1.54) is 23.8 Å². The molecule has 22 nitrogen and oxygen atoms in total. The lowest BCUT2D eigenvalue weighted by Crippen LogP contribution is -2.31. The van der Waals surface area contributed by atoms with Gasteiger partial charge in [0.1, 0.15) is 16.8 Å². The fourth-order valence-electron chi connectivity index (χ4n) is 7.92. The Hall–Kier alpha value is -8.50. The Labute approximate surface area is 594 Å². The maximum Gasteiger partial charge on any atom is 0.514 e. The molecule has 0 aliphatic rings. The van der Waals surface area contributed by atoms with Crippen molar-refractivity contribution in [3.05, 3.63) is 101 Å². The van der Waals surface area contributed by atoms with Gasteiger partial charge in [0.2, 0.25) is 0 Å². The number of ether oxygens (including phenoxy) is 11. The highest BCUT2D eigenvalue weighted by atomic mass is 16.8. The SMILES string of the molecule is CCC(C)(C)OC(=O)Oc1cc(OC(=O)OC(C)(C)CC)c(OC(=O)C(C)(C)CC)cc1OC(=O)OC(C)(C)CC.CCC(C)c1cc(O)c(O)c(O)c1.CCC(C)c1ccc(O)c(O)c1.CCOC(C)Oc1cc(C(C)CC)ccc1O.CCOC(C)Oc1ccc(C(C)CC)cc1O. The number of benzene rings is 5. The maximum atomic E-state index is 13.0. The van der Waals surface area contributed by atoms with Crippen LogP contribution in [0.2, 0.25) is 0 Å². The Morgan fingerprint density at radius 3 is 1.00 bits per heavy atom. The first-order valence-corrected chi connectivity index (χ1v) is 34.7. The van der Waals surface area contributed by atoms with E-state index in [-0.39, 0.29) is 76.0 Å². The third kappa shape index (κ3) is 31.4. The highest BCUT2D eigenvalue weighted by molar-refractivity contribution is 5.81. The minimum Gasteiger partial charge on any atom is -0.504 e. The van der Waals surface area contributed by atoms with Gasteiger partial charge < -0.3 is 87.9 Å². The third-order valence-corrected chi connectivity index (χ3v) is 17.0. The zero-order valence-electron chi connectivity index (χ0n) is 63.8. The fourth-order valence-corrected chi connectivity index (χ4v) is 7.92. The molecule has 0 saturated heterocycles. The van der Waals surface area contributed by atoms with Crippen LogP contribution in [-0.4, -0.2) is 103 Å². The summed E-state index contributed by atoms with van der Waals surface area (Å²) >= 11 is 0. The van der Waals surface area contributed by atoms with Gasteiger partial charge in [0.15, 0.2) is 87.3 Å². The Bertz CT molecular complexity index is 3290. The summed E-state index contributed by atoms with van der Waals surface area (Å²) in [7, 11) is 0. The molecular weight excluding hydrogens is 1290 g/mol. The van der Waals surface area contributed by atoms with Gasteiger partial charge in [-0.3, -0.25) is 4.79 Å². The lowest BCUT2D eigenvalue weighted by molar-refractivity contribution is -0.144. The molecule has 0 bridgehead atoms. The highest BCUT2D eigenvalue weighted by Gasteiger charge is 2.33. The first kappa shape index (κ1) is 89.5. The largest absolute Gasteiger partial charge is 0.514 e. The van der Waals surface area contributed by atoms with Crippen molar-refractivity contribution in [1.29, 1.82) is 0 Å². The van der Waals surface area contributed by atoms with Crippen LogP contribution in [0, 0.1) is 5.41 Å². The second-order valence-corrected chi connectivity index (χ2v) is 26.7. The van der Waals surface area contributed by atoms with Gasteiger partial charge in [0, 0.05) is 25.3 Å².